The van der Waals surface area contributed by atoms with Gasteiger partial charge in [-0.25, -0.2) is 0 Å². The van der Waals surface area contributed by atoms with Crippen LogP contribution in [-0.4, -0.2) is 18.1 Å². The Bertz CT molecular complexity index is 333. The van der Waals surface area contributed by atoms with Gasteiger partial charge in [0.05, 0.1) is 0 Å². The Kier molecular flexibility index (Phi) is 4.81. The minimum Gasteiger partial charge on any atom is -0.406 e. The molecule has 17 heavy (non-hydrogen) atoms. The molecule has 0 saturated carbocycles. The molecule has 5 heteroatoms. The predicted molar refractivity (Wildman–Crippen MR) is 57.7 cm³/mol. The molecule has 0 saturated heterocycles. The van der Waals surface area contributed by atoms with E-state index in [0.717, 1.165) is 18.4 Å². The summed E-state index contributed by atoms with van der Waals surface area (Å²) in [5, 5.41) is 8.84. The van der Waals surface area contributed by atoms with Crippen molar-refractivity contribution in [1.29, 1.82) is 0 Å². The van der Waals surface area contributed by atoms with E-state index in [1.165, 1.54) is 12.1 Å². The first kappa shape index (κ1) is 13.8. The monoisotopic (exact) mass is 248 g/mol. The average Bonchev–Trinajstić information content (AvgIpc) is 2.25. The molecule has 2 nitrogen and oxygen atoms in total. The fourth-order valence-electron chi connectivity index (χ4n) is 1.36. The van der Waals surface area contributed by atoms with E-state index in [4.69, 9.17) is 5.11 Å². The Hall–Kier alpha value is -1.23. The maximum Gasteiger partial charge on any atom is 0.573 e. The summed E-state index contributed by atoms with van der Waals surface area (Å²) in [6.45, 7) is 2.04. The van der Waals surface area contributed by atoms with Gasteiger partial charge < -0.3 is 9.84 Å². The number of alkyl halides is 3. The minimum atomic E-state index is -4.65. The molecule has 0 amide bonds. The van der Waals surface area contributed by atoms with Crippen LogP contribution in [0, 0.1) is 5.92 Å². The van der Waals surface area contributed by atoms with Crippen LogP contribution >= 0.6 is 0 Å². The van der Waals surface area contributed by atoms with Crippen molar-refractivity contribution in [3.63, 3.8) is 0 Å². The molecule has 0 radical (unpaired) electrons. The van der Waals surface area contributed by atoms with Gasteiger partial charge in [0.25, 0.3) is 0 Å². The van der Waals surface area contributed by atoms with Crippen molar-refractivity contribution in [2.45, 2.75) is 26.1 Å². The number of aryl methyl sites for hydroxylation is 1. The number of hydrogen-bond donors (Lipinski definition) is 1. The summed E-state index contributed by atoms with van der Waals surface area (Å²) in [6, 6.07) is 5.80. The van der Waals surface area contributed by atoms with Crippen LogP contribution in [0.5, 0.6) is 5.75 Å². The number of ether oxygens (including phenoxy) is 1. The van der Waals surface area contributed by atoms with Gasteiger partial charge >= 0.3 is 6.36 Å². The van der Waals surface area contributed by atoms with Gasteiger partial charge in [-0.3, -0.25) is 0 Å². The van der Waals surface area contributed by atoms with E-state index in [1.807, 2.05) is 6.92 Å². The van der Waals surface area contributed by atoms with Gasteiger partial charge in [-0.15, -0.1) is 13.2 Å². The van der Waals surface area contributed by atoms with Gasteiger partial charge in [-0.2, -0.15) is 0 Å². The van der Waals surface area contributed by atoms with E-state index < -0.39 is 6.36 Å². The molecule has 1 N–H and O–H groups in total. The predicted octanol–water partition coefficient (Wildman–Crippen LogP) is 3.15. The number of halogens is 3. The Morgan fingerprint density at radius 3 is 2.29 bits per heavy atom. The van der Waals surface area contributed by atoms with Crippen molar-refractivity contribution < 1.29 is 23.0 Å². The van der Waals surface area contributed by atoms with Crippen LogP contribution in [0.2, 0.25) is 0 Å². The number of hydrogen-bond acceptors (Lipinski definition) is 2. The molecular formula is C12H15F3O2. The quantitative estimate of drug-likeness (QED) is 0.867. The highest BCUT2D eigenvalue weighted by Crippen LogP contribution is 2.23. The van der Waals surface area contributed by atoms with E-state index in [1.54, 1.807) is 12.1 Å². The van der Waals surface area contributed by atoms with Crippen molar-refractivity contribution in [3.8, 4) is 5.75 Å². The maximum atomic E-state index is 11.9. The summed E-state index contributed by atoms with van der Waals surface area (Å²) in [7, 11) is 0. The Morgan fingerprint density at radius 1 is 1.24 bits per heavy atom. The van der Waals surface area contributed by atoms with Crippen LogP contribution in [0.4, 0.5) is 13.2 Å². The summed E-state index contributed by atoms with van der Waals surface area (Å²) in [4.78, 5) is 0. The number of aliphatic hydroxyl groups excluding tert-OH is 1. The SMILES string of the molecule is CC(CO)CCc1ccc(OC(F)(F)F)cc1. The molecule has 1 unspecified atom stereocenters. The second kappa shape index (κ2) is 5.91. The number of benzene rings is 1. The second-order valence-electron chi connectivity index (χ2n) is 4.02. The molecule has 0 spiro atoms. The summed E-state index contributed by atoms with van der Waals surface area (Å²) < 4.78 is 39.4. The van der Waals surface area contributed by atoms with Gasteiger partial charge in [0.15, 0.2) is 0 Å². The molecule has 0 bridgehead atoms. The summed E-state index contributed by atoms with van der Waals surface area (Å²) in [6.07, 6.45) is -3.11. The van der Waals surface area contributed by atoms with Gasteiger partial charge in [0, 0.05) is 6.61 Å². The molecule has 1 atom stereocenters. The lowest BCUT2D eigenvalue weighted by Gasteiger charge is -2.10. The first-order chi connectivity index (χ1) is 7.90. The lowest BCUT2D eigenvalue weighted by molar-refractivity contribution is -0.274. The highest BCUT2D eigenvalue weighted by atomic mass is 19.4. The van der Waals surface area contributed by atoms with E-state index in [9.17, 15) is 13.2 Å². The van der Waals surface area contributed by atoms with Crippen LogP contribution < -0.4 is 4.74 Å². The van der Waals surface area contributed by atoms with Crippen LogP contribution in [0.25, 0.3) is 0 Å². The summed E-state index contributed by atoms with van der Waals surface area (Å²) in [5.41, 5.74) is 0.930. The summed E-state index contributed by atoms with van der Waals surface area (Å²) in [5.74, 6) is -0.0161. The van der Waals surface area contributed by atoms with Gasteiger partial charge in [-0.1, -0.05) is 19.1 Å². The zero-order valence-corrected chi connectivity index (χ0v) is 9.50. The van der Waals surface area contributed by atoms with Crippen molar-refractivity contribution >= 4 is 0 Å². The lowest BCUT2D eigenvalue weighted by atomic mass is 10.0. The third-order valence-electron chi connectivity index (χ3n) is 2.39. The average molecular weight is 248 g/mol. The fourth-order valence-corrected chi connectivity index (χ4v) is 1.36. The van der Waals surface area contributed by atoms with Crippen LogP contribution in [0.1, 0.15) is 18.9 Å². The molecule has 1 aromatic carbocycles. The minimum absolute atomic E-state index is 0.120. The Morgan fingerprint density at radius 2 is 1.82 bits per heavy atom. The number of aliphatic hydroxyl groups is 1. The van der Waals surface area contributed by atoms with Gasteiger partial charge in [0.2, 0.25) is 0 Å². The topological polar surface area (TPSA) is 29.5 Å². The van der Waals surface area contributed by atoms with E-state index in [0.29, 0.717) is 0 Å². The standard InChI is InChI=1S/C12H15F3O2/c1-9(8-16)2-3-10-4-6-11(7-5-10)17-12(13,14)15/h4-7,9,16H,2-3,8H2,1H3. The third-order valence-corrected chi connectivity index (χ3v) is 2.39. The Labute approximate surface area is 98.0 Å². The largest absolute Gasteiger partial charge is 0.573 e. The molecule has 0 heterocycles. The zero-order valence-electron chi connectivity index (χ0n) is 9.50. The molecule has 1 aromatic rings. The first-order valence-electron chi connectivity index (χ1n) is 5.36. The van der Waals surface area contributed by atoms with Crippen molar-refractivity contribution in [3.05, 3.63) is 29.8 Å². The van der Waals surface area contributed by atoms with E-state index >= 15 is 0 Å². The van der Waals surface area contributed by atoms with E-state index in [-0.39, 0.29) is 18.3 Å². The first-order valence-corrected chi connectivity index (χ1v) is 5.36. The second-order valence-corrected chi connectivity index (χ2v) is 4.02. The zero-order chi connectivity index (χ0) is 12.9. The van der Waals surface area contributed by atoms with Crippen LogP contribution in [0.15, 0.2) is 24.3 Å². The van der Waals surface area contributed by atoms with Crippen LogP contribution in [-0.2, 0) is 6.42 Å². The Balaban J connectivity index is 2.50. The molecule has 0 aliphatic rings. The fraction of sp³-hybridized carbons (Fsp3) is 0.500. The van der Waals surface area contributed by atoms with Gasteiger partial charge in [0.1, 0.15) is 5.75 Å². The van der Waals surface area contributed by atoms with Crippen molar-refractivity contribution in [2.24, 2.45) is 5.92 Å². The molecule has 0 aliphatic heterocycles. The van der Waals surface area contributed by atoms with E-state index in [2.05, 4.69) is 4.74 Å². The highest BCUT2D eigenvalue weighted by Gasteiger charge is 2.30. The highest BCUT2D eigenvalue weighted by molar-refractivity contribution is 5.27. The smallest absolute Gasteiger partial charge is 0.406 e. The molecule has 0 aromatic heterocycles. The van der Waals surface area contributed by atoms with Crippen molar-refractivity contribution in [2.75, 3.05) is 6.61 Å². The molecule has 0 fully saturated rings. The van der Waals surface area contributed by atoms with Crippen molar-refractivity contribution in [1.82, 2.24) is 0 Å². The normalized spacial score (nSPS) is 13.5. The maximum absolute atomic E-state index is 11.9. The number of rotatable bonds is 5. The summed E-state index contributed by atoms with van der Waals surface area (Å²) >= 11 is 0. The molecule has 1 rings (SSSR count). The molecule has 0 aliphatic carbocycles. The van der Waals surface area contributed by atoms with Crippen LogP contribution in [0.3, 0.4) is 0 Å². The van der Waals surface area contributed by atoms with Gasteiger partial charge in [-0.05, 0) is 36.5 Å². The lowest BCUT2D eigenvalue weighted by Crippen LogP contribution is -2.17. The molecule has 96 valence electrons. The molecular weight excluding hydrogens is 233 g/mol. The third kappa shape index (κ3) is 5.58.